The molecule has 9 heteroatoms. The fourth-order valence-electron chi connectivity index (χ4n) is 1.81. The van der Waals surface area contributed by atoms with E-state index in [0.29, 0.717) is 10.7 Å². The predicted molar refractivity (Wildman–Crippen MR) is 83.9 cm³/mol. The summed E-state index contributed by atoms with van der Waals surface area (Å²) in [7, 11) is 0. The molecule has 1 N–H and O–H groups in total. The van der Waals surface area contributed by atoms with Crippen LogP contribution < -0.4 is 5.32 Å². The van der Waals surface area contributed by atoms with Crippen LogP contribution in [-0.4, -0.2) is 15.8 Å². The van der Waals surface area contributed by atoms with E-state index in [1.807, 2.05) is 0 Å². The van der Waals surface area contributed by atoms with Gasteiger partial charge in [-0.3, -0.25) is 25.0 Å². The fraction of sp³-hybridized carbons (Fsp3) is 0.0714. The average molecular weight is 336 g/mol. The second-order valence-electron chi connectivity index (χ2n) is 4.67. The third-order valence-corrected chi connectivity index (χ3v) is 3.42. The molecular formula is C14H10ClN3O5. The smallest absolute Gasteiger partial charge is 0.277 e. The first-order valence-corrected chi connectivity index (χ1v) is 6.67. The predicted octanol–water partition coefficient (Wildman–Crippen LogP) is 3.72. The molecule has 1 amide bonds. The summed E-state index contributed by atoms with van der Waals surface area (Å²) in [4.78, 5) is 32.2. The zero-order valence-electron chi connectivity index (χ0n) is 11.8. The maximum absolute atomic E-state index is 12.2. The molecule has 118 valence electrons. The molecule has 2 aromatic rings. The molecule has 0 fully saturated rings. The molecule has 0 saturated heterocycles. The van der Waals surface area contributed by atoms with Crippen LogP contribution in [-0.2, 0) is 0 Å². The quantitative estimate of drug-likeness (QED) is 0.675. The van der Waals surface area contributed by atoms with E-state index in [0.717, 1.165) is 23.8 Å². The maximum Gasteiger partial charge on any atom is 0.277 e. The molecule has 0 aliphatic heterocycles. The summed E-state index contributed by atoms with van der Waals surface area (Å²) in [6.07, 6.45) is 0. The van der Waals surface area contributed by atoms with Gasteiger partial charge in [-0.05, 0) is 24.6 Å². The summed E-state index contributed by atoms with van der Waals surface area (Å²) < 4.78 is 0. The highest BCUT2D eigenvalue weighted by atomic mass is 35.5. The molecule has 0 spiro atoms. The van der Waals surface area contributed by atoms with Gasteiger partial charge < -0.3 is 5.32 Å². The lowest BCUT2D eigenvalue weighted by Crippen LogP contribution is -2.12. The summed E-state index contributed by atoms with van der Waals surface area (Å²) in [5, 5.41) is 24.6. The molecule has 0 saturated carbocycles. The average Bonchev–Trinajstić information content (AvgIpc) is 2.50. The van der Waals surface area contributed by atoms with Crippen LogP contribution in [0.2, 0.25) is 5.02 Å². The van der Waals surface area contributed by atoms with Crippen molar-refractivity contribution in [3.05, 3.63) is 72.8 Å². The summed E-state index contributed by atoms with van der Waals surface area (Å²) >= 11 is 5.95. The minimum atomic E-state index is -0.799. The number of non-ortho nitro benzene ring substituents is 2. The molecule has 8 nitrogen and oxygen atoms in total. The Labute approximate surface area is 135 Å². The first-order chi connectivity index (χ1) is 10.8. The first kappa shape index (κ1) is 16.4. The van der Waals surface area contributed by atoms with Crippen LogP contribution in [0.25, 0.3) is 0 Å². The molecule has 23 heavy (non-hydrogen) atoms. The van der Waals surface area contributed by atoms with Gasteiger partial charge in [0.05, 0.1) is 21.5 Å². The van der Waals surface area contributed by atoms with Crippen molar-refractivity contribution in [3.63, 3.8) is 0 Å². The molecule has 0 radical (unpaired) electrons. The molecule has 0 atom stereocenters. The highest BCUT2D eigenvalue weighted by Gasteiger charge is 2.20. The number of hydrogen-bond donors (Lipinski definition) is 1. The number of nitro groups is 2. The van der Waals surface area contributed by atoms with Crippen LogP contribution in [0, 0.1) is 27.2 Å². The molecular weight excluding hydrogens is 326 g/mol. The molecule has 0 aliphatic rings. The molecule has 2 aromatic carbocycles. The van der Waals surface area contributed by atoms with E-state index >= 15 is 0 Å². The standard InChI is InChI=1S/C14H10ClN3O5/c1-8-2-3-10(6-13(8)15)16-14(19)9-4-11(17(20)21)7-12(5-9)18(22)23/h2-7H,1H3,(H,16,19). The maximum atomic E-state index is 12.2. The van der Waals surface area contributed by atoms with Gasteiger partial charge in [0.15, 0.2) is 0 Å². The number of amides is 1. The number of anilines is 1. The van der Waals surface area contributed by atoms with E-state index in [-0.39, 0.29) is 5.56 Å². The Morgan fingerprint density at radius 3 is 2.09 bits per heavy atom. The van der Waals surface area contributed by atoms with Gasteiger partial charge in [-0.15, -0.1) is 0 Å². The highest BCUT2D eigenvalue weighted by molar-refractivity contribution is 6.31. The third kappa shape index (κ3) is 3.80. The van der Waals surface area contributed by atoms with Gasteiger partial charge in [-0.25, -0.2) is 0 Å². The number of carbonyl (C=O) groups is 1. The molecule has 0 heterocycles. The van der Waals surface area contributed by atoms with Crippen LogP contribution in [0.5, 0.6) is 0 Å². The summed E-state index contributed by atoms with van der Waals surface area (Å²) in [5.41, 5.74) is -0.0735. The number of carbonyl (C=O) groups excluding carboxylic acids is 1. The van der Waals surface area contributed by atoms with Gasteiger partial charge in [0, 0.05) is 22.8 Å². The van der Waals surface area contributed by atoms with Crippen molar-refractivity contribution in [2.45, 2.75) is 6.92 Å². The Morgan fingerprint density at radius 2 is 1.61 bits per heavy atom. The third-order valence-electron chi connectivity index (χ3n) is 3.02. The van der Waals surface area contributed by atoms with E-state index in [2.05, 4.69) is 5.32 Å². The minimum Gasteiger partial charge on any atom is -0.322 e. The van der Waals surface area contributed by atoms with Crippen LogP contribution >= 0.6 is 11.6 Å². The lowest BCUT2D eigenvalue weighted by molar-refractivity contribution is -0.394. The number of nitro benzene ring substituents is 2. The molecule has 2 rings (SSSR count). The van der Waals surface area contributed by atoms with Gasteiger partial charge in [0.2, 0.25) is 0 Å². The lowest BCUT2D eigenvalue weighted by atomic mass is 10.1. The van der Waals surface area contributed by atoms with Crippen molar-refractivity contribution in [1.82, 2.24) is 0 Å². The van der Waals surface area contributed by atoms with Crippen molar-refractivity contribution in [3.8, 4) is 0 Å². The van der Waals surface area contributed by atoms with E-state index in [1.165, 1.54) is 6.07 Å². The van der Waals surface area contributed by atoms with Crippen LogP contribution in [0.4, 0.5) is 17.1 Å². The van der Waals surface area contributed by atoms with E-state index in [4.69, 9.17) is 11.6 Å². The van der Waals surface area contributed by atoms with E-state index in [9.17, 15) is 25.0 Å². The monoisotopic (exact) mass is 335 g/mol. The van der Waals surface area contributed by atoms with Gasteiger partial charge in [-0.2, -0.15) is 0 Å². The zero-order chi connectivity index (χ0) is 17.1. The summed E-state index contributed by atoms with van der Waals surface area (Å²) in [6, 6.07) is 7.54. The number of halogens is 1. The van der Waals surface area contributed by atoms with E-state index < -0.39 is 27.1 Å². The van der Waals surface area contributed by atoms with Crippen molar-refractivity contribution >= 4 is 34.6 Å². The number of hydrogen-bond acceptors (Lipinski definition) is 5. The number of benzene rings is 2. The minimum absolute atomic E-state index is 0.192. The van der Waals surface area contributed by atoms with Crippen LogP contribution in [0.3, 0.4) is 0 Å². The Bertz CT molecular complexity index is 790. The van der Waals surface area contributed by atoms with Gasteiger partial charge in [-0.1, -0.05) is 17.7 Å². The first-order valence-electron chi connectivity index (χ1n) is 6.29. The Balaban J connectivity index is 2.36. The van der Waals surface area contributed by atoms with Crippen molar-refractivity contribution in [2.24, 2.45) is 0 Å². The van der Waals surface area contributed by atoms with Gasteiger partial charge in [0.25, 0.3) is 17.3 Å². The van der Waals surface area contributed by atoms with Crippen LogP contribution in [0.1, 0.15) is 15.9 Å². The van der Waals surface area contributed by atoms with Crippen molar-refractivity contribution in [2.75, 3.05) is 5.32 Å². The summed E-state index contributed by atoms with van der Waals surface area (Å²) in [6.45, 7) is 1.79. The topological polar surface area (TPSA) is 115 Å². The summed E-state index contributed by atoms with van der Waals surface area (Å²) in [5.74, 6) is -0.711. The number of nitrogens with zero attached hydrogens (tertiary/aromatic N) is 2. The lowest BCUT2D eigenvalue weighted by Gasteiger charge is -2.07. The van der Waals surface area contributed by atoms with Crippen molar-refractivity contribution in [1.29, 1.82) is 0 Å². The van der Waals surface area contributed by atoms with Crippen molar-refractivity contribution < 1.29 is 14.6 Å². The Hall–Kier alpha value is -3.00. The Morgan fingerprint density at radius 1 is 1.04 bits per heavy atom. The fourth-order valence-corrected chi connectivity index (χ4v) is 1.99. The second kappa shape index (κ2) is 6.41. The van der Waals surface area contributed by atoms with Gasteiger partial charge >= 0.3 is 0 Å². The van der Waals surface area contributed by atoms with E-state index in [1.54, 1.807) is 19.1 Å². The zero-order valence-corrected chi connectivity index (χ0v) is 12.5. The largest absolute Gasteiger partial charge is 0.322 e. The molecule has 0 unspecified atom stereocenters. The normalized spacial score (nSPS) is 10.2. The molecule has 0 aliphatic carbocycles. The van der Waals surface area contributed by atoms with Crippen LogP contribution in [0.15, 0.2) is 36.4 Å². The molecule has 0 bridgehead atoms. The SMILES string of the molecule is Cc1ccc(NC(=O)c2cc([N+](=O)[O-])cc([N+](=O)[O-])c2)cc1Cl. The number of nitrogens with one attached hydrogen (secondary N) is 1. The Kier molecular flexibility index (Phi) is 4.56. The molecule has 0 aromatic heterocycles. The van der Waals surface area contributed by atoms with Gasteiger partial charge in [0.1, 0.15) is 0 Å². The number of rotatable bonds is 4. The number of aryl methyl sites for hydroxylation is 1. The second-order valence-corrected chi connectivity index (χ2v) is 5.08. The highest BCUT2D eigenvalue weighted by Crippen LogP contribution is 2.24.